The van der Waals surface area contributed by atoms with Gasteiger partial charge >= 0.3 is 12.1 Å². The Morgan fingerprint density at radius 3 is 2.39 bits per heavy atom. The number of phenolic OH excluding ortho intramolecular Hbond substituents is 1. The summed E-state index contributed by atoms with van der Waals surface area (Å²) < 4.78 is 91.6. The zero-order chi connectivity index (χ0) is 31.7. The van der Waals surface area contributed by atoms with Crippen molar-refractivity contribution >= 4 is 22.9 Å². The summed E-state index contributed by atoms with van der Waals surface area (Å²) in [4.78, 5) is 2.48. The molecule has 44 heavy (non-hydrogen) atoms. The van der Waals surface area contributed by atoms with Crippen molar-refractivity contribution in [3.05, 3.63) is 64.7 Å². The van der Waals surface area contributed by atoms with E-state index in [1.807, 2.05) is 6.07 Å². The maximum atomic E-state index is 14.9. The average Bonchev–Trinajstić information content (AvgIpc) is 3.32. The molecule has 1 unspecified atom stereocenters. The number of allylic oxidation sites excluding steroid dienone is 2. The number of hydrogen-bond donors (Lipinski definition) is 1. The van der Waals surface area contributed by atoms with Gasteiger partial charge in [-0.15, -0.1) is 0 Å². The van der Waals surface area contributed by atoms with Crippen LogP contribution < -0.4 is 0 Å². The van der Waals surface area contributed by atoms with Crippen LogP contribution >= 0.6 is 11.8 Å². The van der Waals surface area contributed by atoms with Gasteiger partial charge in [0.1, 0.15) is 17.4 Å². The van der Waals surface area contributed by atoms with Crippen molar-refractivity contribution in [3.8, 4) is 5.75 Å². The van der Waals surface area contributed by atoms with Gasteiger partial charge in [-0.1, -0.05) is 18.9 Å². The van der Waals surface area contributed by atoms with Crippen LogP contribution in [0, 0.1) is 11.6 Å². The number of fused-ring (bicyclic) bond motifs is 1. The molecule has 0 aromatic heterocycles. The molecule has 0 radical (unpaired) electrons. The van der Waals surface area contributed by atoms with Crippen molar-refractivity contribution in [3.63, 3.8) is 0 Å². The molecule has 0 saturated carbocycles. The normalized spacial score (nSPS) is 18.1. The number of aromatic hydroxyl groups is 1. The van der Waals surface area contributed by atoms with Crippen molar-refractivity contribution < 1.29 is 35.8 Å². The van der Waals surface area contributed by atoms with Gasteiger partial charge in [-0.3, -0.25) is 0 Å². The lowest BCUT2D eigenvalue weighted by Gasteiger charge is -2.24. The number of aryl methyl sites for hydroxylation is 1. The van der Waals surface area contributed by atoms with Crippen molar-refractivity contribution in [1.29, 1.82) is 0 Å². The molecule has 1 saturated heterocycles. The first-order valence-corrected chi connectivity index (χ1v) is 16.9. The first kappa shape index (κ1) is 34.7. The predicted octanol–water partition coefficient (Wildman–Crippen LogP) is 10.4. The molecule has 10 heteroatoms. The van der Waals surface area contributed by atoms with Crippen LogP contribution in [0.25, 0.3) is 11.1 Å². The third-order valence-electron chi connectivity index (χ3n) is 8.82. The number of hydrogen-bond acceptors (Lipinski definition) is 3. The Bertz CT molecular complexity index is 1260. The van der Waals surface area contributed by atoms with E-state index in [2.05, 4.69) is 4.90 Å². The fourth-order valence-electron chi connectivity index (χ4n) is 6.51. The number of nitrogens with zero attached hydrogens (tertiary/aromatic N) is 1. The summed E-state index contributed by atoms with van der Waals surface area (Å²) in [5.74, 6) is -4.50. The topological polar surface area (TPSA) is 23.5 Å². The summed E-state index contributed by atoms with van der Waals surface area (Å²) in [6.07, 6.45) is 3.38. The number of benzene rings is 2. The molecule has 4 rings (SSSR count). The van der Waals surface area contributed by atoms with Gasteiger partial charge in [0.15, 0.2) is 0 Å². The molecule has 2 aromatic rings. The molecule has 2 aliphatic rings. The molecular formula is C34H42F7NOS. The van der Waals surface area contributed by atoms with Crippen molar-refractivity contribution in [2.24, 2.45) is 0 Å². The highest BCUT2D eigenvalue weighted by atomic mass is 32.2. The van der Waals surface area contributed by atoms with E-state index in [0.717, 1.165) is 111 Å². The number of likely N-dealkylation sites (tertiary alicyclic amines) is 1. The van der Waals surface area contributed by atoms with Crippen molar-refractivity contribution in [2.45, 2.75) is 102 Å². The van der Waals surface area contributed by atoms with Gasteiger partial charge in [0.2, 0.25) is 0 Å². The van der Waals surface area contributed by atoms with Crippen LogP contribution in [0.3, 0.4) is 0 Å². The molecule has 2 nitrogen and oxygen atoms in total. The van der Waals surface area contributed by atoms with E-state index in [1.165, 1.54) is 23.9 Å². The zero-order valence-corrected chi connectivity index (χ0v) is 25.8. The van der Waals surface area contributed by atoms with Crippen molar-refractivity contribution in [2.75, 3.05) is 24.6 Å². The van der Waals surface area contributed by atoms with Gasteiger partial charge < -0.3 is 10.0 Å². The third-order valence-corrected chi connectivity index (χ3v) is 9.92. The third kappa shape index (κ3) is 9.41. The molecule has 1 aliphatic heterocycles. The fourth-order valence-corrected chi connectivity index (χ4v) is 7.50. The van der Waals surface area contributed by atoms with Crippen LogP contribution in [-0.2, 0) is 6.42 Å². The number of alkyl halides is 5. The van der Waals surface area contributed by atoms with Crippen LogP contribution in [0.5, 0.6) is 5.75 Å². The number of rotatable bonds is 15. The van der Waals surface area contributed by atoms with E-state index in [1.54, 1.807) is 12.1 Å². The van der Waals surface area contributed by atoms with Gasteiger partial charge in [0.05, 0.1) is 0 Å². The molecule has 1 fully saturated rings. The van der Waals surface area contributed by atoms with Gasteiger partial charge in [-0.25, -0.2) is 8.78 Å². The quantitative estimate of drug-likeness (QED) is 0.154. The molecule has 0 bridgehead atoms. The lowest BCUT2D eigenvalue weighted by Crippen LogP contribution is -2.36. The summed E-state index contributed by atoms with van der Waals surface area (Å²) in [5, 5.41) is 10.1. The minimum Gasteiger partial charge on any atom is -0.508 e. The number of halogens is 7. The Kier molecular flexibility index (Phi) is 12.5. The maximum Gasteiger partial charge on any atom is 0.453 e. The number of unbranched alkanes of at least 4 members (excludes halogenated alkanes) is 3. The van der Waals surface area contributed by atoms with Crippen LogP contribution in [0.1, 0.15) is 93.7 Å². The highest BCUT2D eigenvalue weighted by Crippen LogP contribution is 2.41. The van der Waals surface area contributed by atoms with Gasteiger partial charge in [-0.2, -0.15) is 33.7 Å². The molecule has 244 valence electrons. The largest absolute Gasteiger partial charge is 0.508 e. The molecule has 0 amide bonds. The first-order chi connectivity index (χ1) is 21.0. The molecule has 1 heterocycles. The van der Waals surface area contributed by atoms with E-state index >= 15 is 0 Å². The van der Waals surface area contributed by atoms with E-state index in [4.69, 9.17) is 0 Å². The number of phenols is 1. The second-order valence-corrected chi connectivity index (χ2v) is 13.2. The Morgan fingerprint density at radius 2 is 1.61 bits per heavy atom. The van der Waals surface area contributed by atoms with E-state index in [0.29, 0.717) is 23.8 Å². The monoisotopic (exact) mass is 645 g/mol. The summed E-state index contributed by atoms with van der Waals surface area (Å²) in [5.41, 5.74) is 4.52. The van der Waals surface area contributed by atoms with Crippen molar-refractivity contribution in [1.82, 2.24) is 4.90 Å². The second kappa shape index (κ2) is 15.9. The van der Waals surface area contributed by atoms with Gasteiger partial charge in [0, 0.05) is 24.1 Å². The highest BCUT2D eigenvalue weighted by molar-refractivity contribution is 7.99. The molecular weight excluding hydrogens is 603 g/mol. The van der Waals surface area contributed by atoms with Crippen LogP contribution in [0.15, 0.2) is 36.4 Å². The minimum atomic E-state index is -5.48. The lowest BCUT2D eigenvalue weighted by molar-refractivity contribution is -0.284. The zero-order valence-electron chi connectivity index (χ0n) is 25.0. The molecule has 1 aliphatic carbocycles. The van der Waals surface area contributed by atoms with Crippen LogP contribution in [-0.4, -0.2) is 52.7 Å². The van der Waals surface area contributed by atoms with Crippen LogP contribution in [0.4, 0.5) is 30.7 Å². The Morgan fingerprint density at radius 1 is 0.841 bits per heavy atom. The van der Waals surface area contributed by atoms with E-state index in [9.17, 15) is 35.8 Å². The van der Waals surface area contributed by atoms with Gasteiger partial charge in [0.25, 0.3) is 0 Å². The Balaban J connectivity index is 1.23. The minimum absolute atomic E-state index is 0.156. The lowest BCUT2D eigenvalue weighted by atomic mass is 9.88. The summed E-state index contributed by atoms with van der Waals surface area (Å²) in [7, 11) is 0. The molecule has 1 atom stereocenters. The first-order valence-electron chi connectivity index (χ1n) is 15.7. The van der Waals surface area contributed by atoms with E-state index in [-0.39, 0.29) is 12.2 Å². The fraction of sp³-hybridized carbons (Fsp3) is 0.588. The van der Waals surface area contributed by atoms with Crippen LogP contribution in [0.2, 0.25) is 0 Å². The predicted molar refractivity (Wildman–Crippen MR) is 164 cm³/mol. The Labute approximate surface area is 260 Å². The molecule has 0 spiro atoms. The summed E-state index contributed by atoms with van der Waals surface area (Å²) in [6.45, 7) is 2.00. The van der Waals surface area contributed by atoms with Gasteiger partial charge in [-0.05, 0) is 135 Å². The van der Waals surface area contributed by atoms with E-state index < -0.39 is 30.2 Å². The standard InChI is InChI=1S/C34H42F7NOS/c35-25-12-14-31(32(36)23-25)30-11-5-8-24-22-27(43)13-15-28(24)29(30)10-3-1-2-4-18-42-19-6-9-26(42)16-21-44-20-7-17-33(37,38)34(39,40)41/h12-15,22-23,26,43H,1-11,16-21H2. The SMILES string of the molecule is Oc1ccc2c(c1)CCCC(c1ccc(F)cc1F)=C2CCCCCCN1CCCC1CCSCCCC(F)(F)C(F)(F)F. The molecule has 1 N–H and O–H groups in total. The highest BCUT2D eigenvalue weighted by Gasteiger charge is 2.56. The summed E-state index contributed by atoms with van der Waals surface area (Å²) in [6, 6.07) is 9.56. The molecule has 2 aromatic carbocycles. The summed E-state index contributed by atoms with van der Waals surface area (Å²) >= 11 is 1.45. The Hall–Kier alpha value is -2.20. The average molecular weight is 646 g/mol. The smallest absolute Gasteiger partial charge is 0.453 e. The second-order valence-electron chi connectivity index (χ2n) is 12.0. The maximum absolute atomic E-state index is 14.9. The number of thioether (sulfide) groups is 1.